The quantitative estimate of drug-likeness (QED) is 0.395. The van der Waals surface area contributed by atoms with Gasteiger partial charge in [-0.05, 0) is 84.6 Å². The molecule has 202 valence electrons. The Morgan fingerprint density at radius 3 is 2.31 bits per heavy atom. The Morgan fingerprint density at radius 1 is 0.949 bits per heavy atom. The summed E-state index contributed by atoms with van der Waals surface area (Å²) in [6, 6.07) is 19.4. The minimum absolute atomic E-state index is 0.0539. The molecule has 0 N–H and O–H groups in total. The van der Waals surface area contributed by atoms with Gasteiger partial charge in [0.25, 0.3) is 0 Å². The molecule has 0 amide bonds. The summed E-state index contributed by atoms with van der Waals surface area (Å²) in [5.74, 6) is 2.40. The van der Waals surface area contributed by atoms with Crippen molar-refractivity contribution < 1.29 is 14.2 Å². The lowest BCUT2D eigenvalue weighted by atomic mass is 9.47. The van der Waals surface area contributed by atoms with Gasteiger partial charge < -0.3 is 14.2 Å². The summed E-state index contributed by atoms with van der Waals surface area (Å²) in [7, 11) is 1.88. The second-order valence-electron chi connectivity index (χ2n) is 12.9. The summed E-state index contributed by atoms with van der Waals surface area (Å²) in [6.07, 6.45) is 12.7. The zero-order chi connectivity index (χ0) is 26.8. The van der Waals surface area contributed by atoms with Crippen molar-refractivity contribution in [2.24, 2.45) is 29.1 Å². The van der Waals surface area contributed by atoms with Crippen LogP contribution in [0.4, 0.5) is 0 Å². The number of hydrogen-bond acceptors (Lipinski definition) is 4. The van der Waals surface area contributed by atoms with Crippen LogP contribution in [0.1, 0.15) is 63.0 Å². The van der Waals surface area contributed by atoms with Crippen molar-refractivity contribution in [3.05, 3.63) is 83.5 Å². The Morgan fingerprint density at radius 2 is 1.64 bits per heavy atom. The molecule has 3 fully saturated rings. The SMILES string of the molecule is CO[C@@]1(C)C=CC2C3CC=C4CC5(CCC4C3[C@@H](c3ccc(-c4ccc(C#N)cc4)cc3)C[C@@]21C)OCCO5. The maximum atomic E-state index is 9.18. The minimum atomic E-state index is -0.377. The zero-order valence-corrected chi connectivity index (χ0v) is 23.4. The highest BCUT2D eigenvalue weighted by molar-refractivity contribution is 5.64. The van der Waals surface area contributed by atoms with Crippen molar-refractivity contribution in [2.75, 3.05) is 20.3 Å². The molecule has 7 rings (SSSR count). The maximum Gasteiger partial charge on any atom is 0.172 e. The van der Waals surface area contributed by atoms with E-state index in [-0.39, 0.29) is 16.8 Å². The molecule has 4 aliphatic carbocycles. The van der Waals surface area contributed by atoms with Crippen LogP contribution >= 0.6 is 0 Å². The van der Waals surface area contributed by atoms with Crippen LogP contribution in [0.25, 0.3) is 11.1 Å². The molecule has 1 saturated heterocycles. The van der Waals surface area contributed by atoms with Gasteiger partial charge in [-0.3, -0.25) is 0 Å². The maximum absolute atomic E-state index is 9.18. The van der Waals surface area contributed by atoms with Gasteiger partial charge in [-0.25, -0.2) is 0 Å². The largest absolute Gasteiger partial charge is 0.374 e. The summed E-state index contributed by atoms with van der Waals surface area (Å²) < 4.78 is 18.6. The summed E-state index contributed by atoms with van der Waals surface area (Å²) in [5.41, 5.74) is 5.86. The van der Waals surface area contributed by atoms with Crippen LogP contribution in [0.3, 0.4) is 0 Å². The van der Waals surface area contributed by atoms with Crippen molar-refractivity contribution in [3.63, 3.8) is 0 Å². The van der Waals surface area contributed by atoms with E-state index in [0.29, 0.717) is 35.2 Å². The molecule has 39 heavy (non-hydrogen) atoms. The van der Waals surface area contributed by atoms with Gasteiger partial charge in [0.1, 0.15) is 0 Å². The number of allylic oxidation sites excluding steroid dienone is 2. The first-order valence-electron chi connectivity index (χ1n) is 14.7. The Bertz CT molecular complexity index is 1350. The van der Waals surface area contributed by atoms with Crippen molar-refractivity contribution in [3.8, 4) is 17.2 Å². The molecule has 0 radical (unpaired) electrons. The van der Waals surface area contributed by atoms with E-state index >= 15 is 0 Å². The molecule has 1 heterocycles. The molecule has 0 bridgehead atoms. The van der Waals surface area contributed by atoms with E-state index in [0.717, 1.165) is 50.9 Å². The lowest BCUT2D eigenvalue weighted by Gasteiger charge is -2.59. The van der Waals surface area contributed by atoms with Gasteiger partial charge in [-0.15, -0.1) is 0 Å². The lowest BCUT2D eigenvalue weighted by Crippen LogP contribution is -2.55. The highest BCUT2D eigenvalue weighted by Crippen LogP contribution is 2.67. The van der Waals surface area contributed by atoms with Crippen LogP contribution in [-0.4, -0.2) is 31.7 Å². The molecular formula is C35H39NO3. The molecule has 7 atom stereocenters. The number of rotatable bonds is 3. The van der Waals surface area contributed by atoms with E-state index in [1.165, 1.54) is 11.1 Å². The lowest BCUT2D eigenvalue weighted by molar-refractivity contribution is -0.178. The summed E-state index contributed by atoms with van der Waals surface area (Å²) >= 11 is 0. The predicted octanol–water partition coefficient (Wildman–Crippen LogP) is 7.42. The van der Waals surface area contributed by atoms with E-state index in [1.807, 2.05) is 31.4 Å². The molecule has 2 saturated carbocycles. The van der Waals surface area contributed by atoms with E-state index in [2.05, 4.69) is 62.4 Å². The third-order valence-electron chi connectivity index (χ3n) is 11.4. The topological polar surface area (TPSA) is 51.5 Å². The first kappa shape index (κ1) is 25.3. The fourth-order valence-electron chi connectivity index (χ4n) is 9.07. The average molecular weight is 522 g/mol. The number of methoxy groups -OCH3 is 1. The molecule has 4 unspecified atom stereocenters. The van der Waals surface area contributed by atoms with E-state index in [9.17, 15) is 5.26 Å². The highest BCUT2D eigenvalue weighted by atomic mass is 16.7. The monoisotopic (exact) mass is 521 g/mol. The van der Waals surface area contributed by atoms with E-state index in [4.69, 9.17) is 14.2 Å². The number of nitrogens with zero attached hydrogens (tertiary/aromatic N) is 1. The van der Waals surface area contributed by atoms with Crippen LogP contribution in [-0.2, 0) is 14.2 Å². The fourth-order valence-corrected chi connectivity index (χ4v) is 9.07. The highest BCUT2D eigenvalue weighted by Gasteiger charge is 2.62. The van der Waals surface area contributed by atoms with Crippen LogP contribution in [0, 0.1) is 40.4 Å². The van der Waals surface area contributed by atoms with Gasteiger partial charge in [0, 0.05) is 25.4 Å². The third-order valence-corrected chi connectivity index (χ3v) is 11.4. The van der Waals surface area contributed by atoms with Gasteiger partial charge in [0.15, 0.2) is 5.79 Å². The molecule has 2 aromatic carbocycles. The number of fused-ring (bicyclic) bond motifs is 5. The predicted molar refractivity (Wildman–Crippen MR) is 152 cm³/mol. The molecule has 0 aromatic heterocycles. The van der Waals surface area contributed by atoms with Crippen molar-refractivity contribution >= 4 is 0 Å². The molecule has 2 aromatic rings. The summed E-state index contributed by atoms with van der Waals surface area (Å²) in [6.45, 7) is 6.21. The second-order valence-corrected chi connectivity index (χ2v) is 12.9. The Kier molecular flexibility index (Phi) is 5.94. The van der Waals surface area contributed by atoms with Crippen molar-refractivity contribution in [1.29, 1.82) is 5.26 Å². The number of benzene rings is 2. The van der Waals surface area contributed by atoms with Crippen LogP contribution in [0.15, 0.2) is 72.3 Å². The fraction of sp³-hybridized carbons (Fsp3) is 0.514. The van der Waals surface area contributed by atoms with Crippen molar-refractivity contribution in [1.82, 2.24) is 0 Å². The first-order chi connectivity index (χ1) is 18.9. The third kappa shape index (κ3) is 3.81. The number of hydrogen-bond donors (Lipinski definition) is 0. The van der Waals surface area contributed by atoms with Gasteiger partial charge in [-0.1, -0.05) is 67.1 Å². The van der Waals surface area contributed by atoms with Crippen molar-refractivity contribution in [2.45, 2.75) is 63.3 Å². The van der Waals surface area contributed by atoms with E-state index in [1.54, 1.807) is 5.57 Å². The Balaban J connectivity index is 1.26. The van der Waals surface area contributed by atoms with Crippen LogP contribution < -0.4 is 0 Å². The molecule has 5 aliphatic rings. The normalized spacial score (nSPS) is 38.0. The van der Waals surface area contributed by atoms with Gasteiger partial charge >= 0.3 is 0 Å². The zero-order valence-electron chi connectivity index (χ0n) is 23.4. The standard InChI is InChI=1S/C35H39NO3/c1-33-21-30(26-10-8-25(9-11-26)24-6-4-23(22-36)5-7-24)32-28-14-17-35(38-18-19-39-35)20-27(28)12-13-29(32)31(33)15-16-34(33,2)37-3/h4-12,15-16,28-32H,13-14,17-21H2,1-3H3/t28?,29?,30-,31?,32?,33+,34+/m1/s1. The van der Waals surface area contributed by atoms with Gasteiger partial charge in [0.2, 0.25) is 0 Å². The first-order valence-corrected chi connectivity index (χ1v) is 14.7. The van der Waals surface area contributed by atoms with E-state index < -0.39 is 0 Å². The van der Waals surface area contributed by atoms with Crippen LogP contribution in [0.5, 0.6) is 0 Å². The minimum Gasteiger partial charge on any atom is -0.374 e. The molecule has 1 aliphatic heterocycles. The number of nitriles is 1. The van der Waals surface area contributed by atoms with Crippen LogP contribution in [0.2, 0.25) is 0 Å². The summed E-state index contributed by atoms with van der Waals surface area (Å²) in [5, 5.41) is 9.18. The second kappa shape index (κ2) is 9.16. The van der Waals surface area contributed by atoms with Gasteiger partial charge in [0.05, 0.1) is 30.4 Å². The molecule has 4 nitrogen and oxygen atoms in total. The molecular weight excluding hydrogens is 482 g/mol. The molecule has 4 heteroatoms. The van der Waals surface area contributed by atoms with Gasteiger partial charge in [-0.2, -0.15) is 5.26 Å². The Hall–Kier alpha value is -2.71. The average Bonchev–Trinajstić information content (AvgIpc) is 3.54. The summed E-state index contributed by atoms with van der Waals surface area (Å²) in [4.78, 5) is 0. The Labute approximate surface area is 232 Å². The molecule has 1 spiro atoms. The smallest absolute Gasteiger partial charge is 0.172 e. The number of ether oxygens (including phenoxy) is 3.